The van der Waals surface area contributed by atoms with Crippen LogP contribution in [0.15, 0.2) is 53.5 Å². The molecule has 124 valence electrons. The number of rotatable bonds is 2. The molecule has 0 aromatic heterocycles. The fraction of sp³-hybridized carbons (Fsp3) is 0.381. The highest BCUT2D eigenvalue weighted by Crippen LogP contribution is 2.45. The van der Waals surface area contributed by atoms with Crippen LogP contribution < -0.4 is 5.32 Å². The number of anilines is 1. The van der Waals surface area contributed by atoms with Gasteiger partial charge in [-0.1, -0.05) is 61.2 Å². The van der Waals surface area contributed by atoms with Crippen molar-refractivity contribution in [2.75, 3.05) is 5.32 Å². The smallest absolute Gasteiger partial charge is 0.108 e. The van der Waals surface area contributed by atoms with Gasteiger partial charge in [0.15, 0.2) is 0 Å². The average Bonchev–Trinajstić information content (AvgIpc) is 2.62. The third-order valence-corrected chi connectivity index (χ3v) is 5.70. The molecule has 1 fully saturated rings. The van der Waals surface area contributed by atoms with Crippen LogP contribution >= 0.6 is 11.6 Å². The van der Waals surface area contributed by atoms with Crippen LogP contribution in [0.4, 0.5) is 5.69 Å². The summed E-state index contributed by atoms with van der Waals surface area (Å²) in [7, 11) is 0. The second-order valence-electron chi connectivity index (χ2n) is 7.09. The van der Waals surface area contributed by atoms with Crippen molar-refractivity contribution in [2.24, 2.45) is 10.4 Å². The average molecular weight is 339 g/mol. The van der Waals surface area contributed by atoms with Gasteiger partial charge in [0.25, 0.3) is 0 Å². The molecule has 1 aliphatic carbocycles. The largest absolute Gasteiger partial charge is 0.343 e. The first-order chi connectivity index (χ1) is 11.8. The van der Waals surface area contributed by atoms with Gasteiger partial charge >= 0.3 is 0 Å². The van der Waals surface area contributed by atoms with E-state index in [4.69, 9.17) is 16.6 Å². The van der Waals surface area contributed by atoms with Crippen LogP contribution in [-0.4, -0.2) is 5.84 Å². The van der Waals surface area contributed by atoms with Crippen LogP contribution in [0.2, 0.25) is 5.02 Å². The zero-order valence-corrected chi connectivity index (χ0v) is 14.6. The lowest BCUT2D eigenvalue weighted by Crippen LogP contribution is -2.43. The molecule has 0 unspecified atom stereocenters. The summed E-state index contributed by atoms with van der Waals surface area (Å²) in [5, 5.41) is 4.44. The van der Waals surface area contributed by atoms with E-state index in [1.807, 2.05) is 12.1 Å². The van der Waals surface area contributed by atoms with Gasteiger partial charge in [-0.2, -0.15) is 0 Å². The molecule has 1 heterocycles. The highest BCUT2D eigenvalue weighted by atomic mass is 35.5. The predicted molar refractivity (Wildman–Crippen MR) is 102 cm³/mol. The van der Waals surface area contributed by atoms with E-state index < -0.39 is 0 Å². The van der Waals surface area contributed by atoms with Crippen molar-refractivity contribution in [2.45, 2.75) is 45.1 Å². The van der Waals surface area contributed by atoms with E-state index in [2.05, 4.69) is 41.7 Å². The third-order valence-electron chi connectivity index (χ3n) is 5.45. The topological polar surface area (TPSA) is 24.4 Å². The number of para-hydroxylation sites is 1. The summed E-state index contributed by atoms with van der Waals surface area (Å²) >= 11 is 5.99. The molecule has 1 aliphatic heterocycles. The van der Waals surface area contributed by atoms with Crippen molar-refractivity contribution in [3.63, 3.8) is 0 Å². The van der Waals surface area contributed by atoms with Gasteiger partial charge in [0.05, 0.1) is 6.54 Å². The highest BCUT2D eigenvalue weighted by molar-refractivity contribution is 6.30. The van der Waals surface area contributed by atoms with E-state index in [1.54, 1.807) is 0 Å². The molecule has 1 N–H and O–H groups in total. The standard InChI is InChI=1S/C21H23ClN2/c22-18-10-8-16(9-11-18)15-23-20-21(12-4-1-5-13-21)14-17-6-2-3-7-19(17)24-20/h2-3,6-11H,1,4-5,12-15H2,(H,23,24). The van der Waals surface area contributed by atoms with E-state index in [0.29, 0.717) is 6.54 Å². The quantitative estimate of drug-likeness (QED) is 0.729. The van der Waals surface area contributed by atoms with Crippen molar-refractivity contribution < 1.29 is 0 Å². The Morgan fingerprint density at radius 1 is 0.958 bits per heavy atom. The minimum atomic E-state index is 0.207. The van der Waals surface area contributed by atoms with E-state index in [9.17, 15) is 0 Å². The molecule has 0 radical (unpaired) electrons. The molecular weight excluding hydrogens is 316 g/mol. The number of aliphatic imine (C=N–C) groups is 1. The monoisotopic (exact) mass is 338 g/mol. The van der Waals surface area contributed by atoms with Crippen LogP contribution in [0.3, 0.4) is 0 Å². The minimum Gasteiger partial charge on any atom is -0.343 e. The molecule has 1 saturated carbocycles. The van der Waals surface area contributed by atoms with Crippen LogP contribution in [0.5, 0.6) is 0 Å². The van der Waals surface area contributed by atoms with E-state index in [-0.39, 0.29) is 5.41 Å². The first kappa shape index (κ1) is 15.7. The Kier molecular flexibility index (Phi) is 4.32. The number of fused-ring (bicyclic) bond motifs is 1. The maximum atomic E-state index is 5.99. The predicted octanol–water partition coefficient (Wildman–Crippen LogP) is 5.86. The summed E-state index contributed by atoms with van der Waals surface area (Å²) in [6, 6.07) is 16.7. The normalized spacial score (nSPS) is 20.6. The maximum Gasteiger partial charge on any atom is 0.108 e. The van der Waals surface area contributed by atoms with Crippen molar-refractivity contribution in [3.05, 3.63) is 64.7 Å². The molecule has 0 amide bonds. The third kappa shape index (κ3) is 3.08. The van der Waals surface area contributed by atoms with Crippen LogP contribution in [-0.2, 0) is 13.0 Å². The summed E-state index contributed by atoms with van der Waals surface area (Å²) < 4.78 is 0. The molecule has 0 atom stereocenters. The molecular formula is C21H23ClN2. The Bertz CT molecular complexity index is 743. The molecule has 24 heavy (non-hydrogen) atoms. The Morgan fingerprint density at radius 2 is 1.71 bits per heavy atom. The van der Waals surface area contributed by atoms with Crippen LogP contribution in [0.25, 0.3) is 0 Å². The van der Waals surface area contributed by atoms with Gasteiger partial charge in [-0.05, 0) is 48.6 Å². The number of nitrogens with zero attached hydrogens (tertiary/aromatic N) is 1. The van der Waals surface area contributed by atoms with Crippen molar-refractivity contribution in [3.8, 4) is 0 Å². The van der Waals surface area contributed by atoms with E-state index in [1.165, 1.54) is 54.8 Å². The molecule has 0 saturated heterocycles. The van der Waals surface area contributed by atoms with Crippen molar-refractivity contribution in [1.82, 2.24) is 0 Å². The first-order valence-electron chi connectivity index (χ1n) is 8.90. The number of hydrogen-bond donors (Lipinski definition) is 1. The second kappa shape index (κ2) is 6.60. The van der Waals surface area contributed by atoms with E-state index in [0.717, 1.165) is 11.4 Å². The lowest BCUT2D eigenvalue weighted by molar-refractivity contribution is 0.278. The Labute approximate surface area is 149 Å². The fourth-order valence-electron chi connectivity index (χ4n) is 4.11. The molecule has 2 aromatic rings. The number of amidine groups is 1. The zero-order chi connectivity index (χ0) is 16.4. The number of halogens is 1. The molecule has 2 aromatic carbocycles. The van der Waals surface area contributed by atoms with Crippen LogP contribution in [0, 0.1) is 5.41 Å². The van der Waals surface area contributed by atoms with Gasteiger partial charge in [-0.15, -0.1) is 0 Å². The van der Waals surface area contributed by atoms with Crippen molar-refractivity contribution >= 4 is 23.1 Å². The number of benzene rings is 2. The molecule has 3 heteroatoms. The lowest BCUT2D eigenvalue weighted by Gasteiger charge is -2.42. The Hall–Kier alpha value is -1.80. The Morgan fingerprint density at radius 3 is 2.50 bits per heavy atom. The molecule has 4 rings (SSSR count). The summed E-state index contributed by atoms with van der Waals surface area (Å²) in [6.07, 6.45) is 7.58. The zero-order valence-electron chi connectivity index (χ0n) is 13.9. The van der Waals surface area contributed by atoms with Crippen molar-refractivity contribution in [1.29, 1.82) is 0 Å². The van der Waals surface area contributed by atoms with Gasteiger partial charge in [0, 0.05) is 16.1 Å². The van der Waals surface area contributed by atoms with Gasteiger partial charge in [-0.25, -0.2) is 0 Å². The van der Waals surface area contributed by atoms with E-state index >= 15 is 0 Å². The van der Waals surface area contributed by atoms with Gasteiger partial charge in [-0.3, -0.25) is 4.99 Å². The van der Waals surface area contributed by atoms with Gasteiger partial charge < -0.3 is 5.32 Å². The van der Waals surface area contributed by atoms with Gasteiger partial charge in [0.2, 0.25) is 0 Å². The maximum absolute atomic E-state index is 5.99. The minimum absolute atomic E-state index is 0.207. The Balaban J connectivity index is 1.65. The molecule has 0 bridgehead atoms. The summed E-state index contributed by atoms with van der Waals surface area (Å²) in [6.45, 7) is 0.712. The summed E-state index contributed by atoms with van der Waals surface area (Å²) in [5.41, 5.74) is 4.07. The fourth-order valence-corrected chi connectivity index (χ4v) is 4.24. The summed E-state index contributed by atoms with van der Waals surface area (Å²) in [5.74, 6) is 1.19. The van der Waals surface area contributed by atoms with Crippen LogP contribution in [0.1, 0.15) is 43.2 Å². The SMILES string of the molecule is Clc1ccc(CN=C2Nc3ccccc3CC23CCCCC3)cc1. The second-order valence-corrected chi connectivity index (χ2v) is 7.53. The number of hydrogen-bond acceptors (Lipinski definition) is 1. The summed E-state index contributed by atoms with van der Waals surface area (Å²) in [4.78, 5) is 5.02. The number of nitrogens with one attached hydrogen (secondary N) is 1. The molecule has 2 aliphatic rings. The highest BCUT2D eigenvalue weighted by Gasteiger charge is 2.40. The molecule has 1 spiro atoms. The first-order valence-corrected chi connectivity index (χ1v) is 9.27. The molecule has 2 nitrogen and oxygen atoms in total. The van der Waals surface area contributed by atoms with Gasteiger partial charge in [0.1, 0.15) is 5.84 Å². The lowest BCUT2D eigenvalue weighted by atomic mass is 9.67.